The standard InChI is InChI=1S/C14H20N2O3S/c1-10(8-18-2)16-13(17)12-4-3-6-15-14(12)19-11-5-7-20-9-11/h3-4,6,10-11H,5,7-9H2,1-2H3,(H,16,17). The molecule has 1 N–H and O–H groups in total. The lowest BCUT2D eigenvalue weighted by molar-refractivity contribution is 0.0898. The van der Waals surface area contributed by atoms with Crippen LogP contribution < -0.4 is 10.1 Å². The van der Waals surface area contributed by atoms with Gasteiger partial charge in [-0.25, -0.2) is 4.98 Å². The van der Waals surface area contributed by atoms with Crippen molar-refractivity contribution in [3.05, 3.63) is 23.9 Å². The summed E-state index contributed by atoms with van der Waals surface area (Å²) in [5.41, 5.74) is 0.479. The summed E-state index contributed by atoms with van der Waals surface area (Å²) in [6.07, 6.45) is 2.80. The largest absolute Gasteiger partial charge is 0.473 e. The summed E-state index contributed by atoms with van der Waals surface area (Å²) in [7, 11) is 1.61. The summed E-state index contributed by atoms with van der Waals surface area (Å²) in [5, 5.41) is 2.87. The Hall–Kier alpha value is -1.27. The number of carbonyl (C=O) groups excluding carboxylic acids is 1. The number of nitrogens with one attached hydrogen (secondary N) is 1. The summed E-state index contributed by atoms with van der Waals surface area (Å²) < 4.78 is 10.9. The van der Waals surface area contributed by atoms with E-state index in [0.29, 0.717) is 18.1 Å². The van der Waals surface area contributed by atoms with E-state index in [2.05, 4.69) is 10.3 Å². The predicted molar refractivity (Wildman–Crippen MR) is 79.4 cm³/mol. The minimum atomic E-state index is -0.177. The molecule has 0 saturated carbocycles. The van der Waals surface area contributed by atoms with Crippen molar-refractivity contribution in [1.29, 1.82) is 0 Å². The van der Waals surface area contributed by atoms with Crippen LogP contribution in [0, 0.1) is 0 Å². The number of amides is 1. The minimum Gasteiger partial charge on any atom is -0.473 e. The second kappa shape index (κ2) is 7.50. The molecule has 1 aliphatic rings. The van der Waals surface area contributed by atoms with Gasteiger partial charge in [-0.1, -0.05) is 0 Å². The highest BCUT2D eigenvalue weighted by atomic mass is 32.2. The monoisotopic (exact) mass is 296 g/mol. The third-order valence-electron chi connectivity index (χ3n) is 2.98. The van der Waals surface area contributed by atoms with Crippen molar-refractivity contribution in [2.24, 2.45) is 0 Å². The summed E-state index contributed by atoms with van der Waals surface area (Å²) in [6.45, 7) is 2.37. The van der Waals surface area contributed by atoms with Gasteiger partial charge in [-0.2, -0.15) is 11.8 Å². The van der Waals surface area contributed by atoms with Gasteiger partial charge in [0.1, 0.15) is 11.7 Å². The summed E-state index contributed by atoms with van der Waals surface area (Å²) >= 11 is 1.86. The molecular formula is C14H20N2O3S. The molecule has 2 rings (SSSR count). The average molecular weight is 296 g/mol. The van der Waals surface area contributed by atoms with Gasteiger partial charge < -0.3 is 14.8 Å². The Morgan fingerprint density at radius 1 is 1.65 bits per heavy atom. The van der Waals surface area contributed by atoms with E-state index in [0.717, 1.165) is 17.9 Å². The van der Waals surface area contributed by atoms with E-state index in [1.165, 1.54) is 0 Å². The Morgan fingerprint density at radius 3 is 3.20 bits per heavy atom. The molecule has 0 bridgehead atoms. The van der Waals surface area contributed by atoms with Gasteiger partial charge in [0.2, 0.25) is 5.88 Å². The Bertz CT molecular complexity index is 450. The molecule has 2 atom stereocenters. The average Bonchev–Trinajstić information content (AvgIpc) is 2.92. The van der Waals surface area contributed by atoms with Crippen molar-refractivity contribution in [2.45, 2.75) is 25.5 Å². The molecule has 20 heavy (non-hydrogen) atoms. The number of hydrogen-bond donors (Lipinski definition) is 1. The van der Waals surface area contributed by atoms with E-state index < -0.39 is 0 Å². The summed E-state index contributed by atoms with van der Waals surface area (Å²) in [4.78, 5) is 16.4. The fraction of sp³-hybridized carbons (Fsp3) is 0.571. The number of aromatic nitrogens is 1. The zero-order chi connectivity index (χ0) is 14.4. The molecule has 0 radical (unpaired) electrons. The fourth-order valence-corrected chi connectivity index (χ4v) is 3.11. The SMILES string of the molecule is COCC(C)NC(=O)c1cccnc1OC1CCSC1. The van der Waals surface area contributed by atoms with E-state index in [9.17, 15) is 4.79 Å². The zero-order valence-electron chi connectivity index (χ0n) is 11.8. The molecule has 2 heterocycles. The number of methoxy groups -OCH3 is 1. The van der Waals surface area contributed by atoms with Crippen LogP contribution in [0.15, 0.2) is 18.3 Å². The molecular weight excluding hydrogens is 276 g/mol. The van der Waals surface area contributed by atoms with Gasteiger partial charge in [0.25, 0.3) is 5.91 Å². The van der Waals surface area contributed by atoms with Gasteiger partial charge in [-0.05, 0) is 31.2 Å². The van der Waals surface area contributed by atoms with Crippen molar-refractivity contribution < 1.29 is 14.3 Å². The van der Waals surface area contributed by atoms with E-state index in [1.807, 2.05) is 18.7 Å². The first-order chi connectivity index (χ1) is 9.70. The third-order valence-corrected chi connectivity index (χ3v) is 4.11. The van der Waals surface area contributed by atoms with E-state index in [1.54, 1.807) is 25.4 Å². The summed E-state index contributed by atoms with van der Waals surface area (Å²) in [5.74, 6) is 2.30. The Balaban J connectivity index is 2.04. The van der Waals surface area contributed by atoms with Crippen LogP contribution in [0.25, 0.3) is 0 Å². The molecule has 6 heteroatoms. The topological polar surface area (TPSA) is 60.5 Å². The van der Waals surface area contributed by atoms with Crippen LogP contribution in [0.5, 0.6) is 5.88 Å². The zero-order valence-corrected chi connectivity index (χ0v) is 12.6. The van der Waals surface area contributed by atoms with Crippen LogP contribution in [0.3, 0.4) is 0 Å². The lowest BCUT2D eigenvalue weighted by atomic mass is 10.2. The number of ether oxygens (including phenoxy) is 2. The van der Waals surface area contributed by atoms with Crippen LogP contribution in [0.1, 0.15) is 23.7 Å². The van der Waals surface area contributed by atoms with Crippen LogP contribution >= 0.6 is 11.8 Å². The Morgan fingerprint density at radius 2 is 2.50 bits per heavy atom. The predicted octanol–water partition coefficient (Wildman–Crippen LogP) is 1.73. The van der Waals surface area contributed by atoms with Gasteiger partial charge in [-0.3, -0.25) is 4.79 Å². The van der Waals surface area contributed by atoms with Crippen molar-refractivity contribution in [2.75, 3.05) is 25.2 Å². The number of thioether (sulfide) groups is 1. The van der Waals surface area contributed by atoms with Gasteiger partial charge in [-0.15, -0.1) is 0 Å². The molecule has 1 saturated heterocycles. The van der Waals surface area contributed by atoms with Crippen LogP contribution in [0.4, 0.5) is 0 Å². The first-order valence-electron chi connectivity index (χ1n) is 6.70. The van der Waals surface area contributed by atoms with Crippen LogP contribution in [-0.4, -0.2) is 48.3 Å². The molecule has 0 aromatic carbocycles. The number of hydrogen-bond acceptors (Lipinski definition) is 5. The number of pyridine rings is 1. The maximum Gasteiger partial charge on any atom is 0.257 e. The second-order valence-corrected chi connectivity index (χ2v) is 5.94. The smallest absolute Gasteiger partial charge is 0.257 e. The van der Waals surface area contributed by atoms with Gasteiger partial charge >= 0.3 is 0 Å². The molecule has 1 fully saturated rings. The molecule has 5 nitrogen and oxygen atoms in total. The Labute approximate surface area is 123 Å². The quantitative estimate of drug-likeness (QED) is 0.866. The number of carbonyl (C=O) groups is 1. The number of rotatable bonds is 6. The first-order valence-corrected chi connectivity index (χ1v) is 7.85. The van der Waals surface area contributed by atoms with Crippen molar-refractivity contribution in [3.63, 3.8) is 0 Å². The highest BCUT2D eigenvalue weighted by Crippen LogP contribution is 2.24. The lowest BCUT2D eigenvalue weighted by Crippen LogP contribution is -2.36. The summed E-state index contributed by atoms with van der Waals surface area (Å²) in [6, 6.07) is 3.42. The maximum absolute atomic E-state index is 12.2. The van der Waals surface area contributed by atoms with Crippen molar-refractivity contribution >= 4 is 17.7 Å². The van der Waals surface area contributed by atoms with Crippen LogP contribution in [0.2, 0.25) is 0 Å². The third kappa shape index (κ3) is 4.11. The van der Waals surface area contributed by atoms with E-state index in [-0.39, 0.29) is 18.1 Å². The molecule has 0 aliphatic carbocycles. The van der Waals surface area contributed by atoms with Gasteiger partial charge in [0.05, 0.1) is 6.61 Å². The van der Waals surface area contributed by atoms with E-state index in [4.69, 9.17) is 9.47 Å². The Kier molecular flexibility index (Phi) is 5.67. The molecule has 2 unspecified atom stereocenters. The highest BCUT2D eigenvalue weighted by Gasteiger charge is 2.21. The first kappa shape index (κ1) is 15.1. The second-order valence-electron chi connectivity index (χ2n) is 4.79. The molecule has 1 amide bonds. The molecule has 1 aliphatic heterocycles. The normalized spacial score (nSPS) is 19.6. The molecule has 1 aromatic rings. The van der Waals surface area contributed by atoms with E-state index >= 15 is 0 Å². The molecule has 1 aromatic heterocycles. The molecule has 0 spiro atoms. The fourth-order valence-electron chi connectivity index (χ4n) is 2.01. The maximum atomic E-state index is 12.2. The van der Waals surface area contributed by atoms with Crippen molar-refractivity contribution in [1.82, 2.24) is 10.3 Å². The van der Waals surface area contributed by atoms with Crippen LogP contribution in [-0.2, 0) is 4.74 Å². The number of nitrogens with zero attached hydrogens (tertiary/aromatic N) is 1. The lowest BCUT2D eigenvalue weighted by Gasteiger charge is -2.16. The van der Waals surface area contributed by atoms with Crippen molar-refractivity contribution in [3.8, 4) is 5.88 Å². The highest BCUT2D eigenvalue weighted by molar-refractivity contribution is 7.99. The minimum absolute atomic E-state index is 0.0532. The van der Waals surface area contributed by atoms with Gasteiger partial charge in [0.15, 0.2) is 0 Å². The molecule has 110 valence electrons. The van der Waals surface area contributed by atoms with Gasteiger partial charge in [0, 0.05) is 25.1 Å².